The van der Waals surface area contributed by atoms with Crippen molar-refractivity contribution in [1.29, 1.82) is 0 Å². The molecule has 2 nitrogen and oxygen atoms in total. The summed E-state index contributed by atoms with van der Waals surface area (Å²) in [6.07, 6.45) is 4.07. The Kier molecular flexibility index (Phi) is 6.66. The van der Waals surface area contributed by atoms with E-state index in [0.717, 1.165) is 6.54 Å². The van der Waals surface area contributed by atoms with E-state index in [1.54, 1.807) is 0 Å². The highest BCUT2D eigenvalue weighted by atomic mass is 35.5. The van der Waals surface area contributed by atoms with Crippen molar-refractivity contribution in [2.75, 3.05) is 26.2 Å². The van der Waals surface area contributed by atoms with Gasteiger partial charge in [-0.3, -0.25) is 0 Å². The monoisotopic (exact) mass is 250 g/mol. The molecular weight excluding hydrogens is 231 g/mol. The standard InChI is InChI=1S/C11H20Cl2N2/c1-10(14-8-11(13)7-12)9-15-5-3-2-4-6-15/h7,10,14H,2-6,8-9H2,1H3. The summed E-state index contributed by atoms with van der Waals surface area (Å²) in [6.45, 7) is 6.44. The number of nitrogens with one attached hydrogen (secondary N) is 1. The summed E-state index contributed by atoms with van der Waals surface area (Å²) >= 11 is 11.3. The van der Waals surface area contributed by atoms with Gasteiger partial charge in [0.1, 0.15) is 0 Å². The molecule has 0 spiro atoms. The maximum Gasteiger partial charge on any atom is 0.0432 e. The van der Waals surface area contributed by atoms with Gasteiger partial charge in [0.15, 0.2) is 0 Å². The Morgan fingerprint density at radius 2 is 2.07 bits per heavy atom. The van der Waals surface area contributed by atoms with Crippen molar-refractivity contribution in [2.45, 2.75) is 32.2 Å². The molecule has 1 fully saturated rings. The van der Waals surface area contributed by atoms with Crippen molar-refractivity contribution < 1.29 is 0 Å². The molecule has 0 aromatic rings. The largest absolute Gasteiger partial charge is 0.308 e. The molecule has 1 aliphatic rings. The first-order valence-corrected chi connectivity index (χ1v) is 6.44. The lowest BCUT2D eigenvalue weighted by atomic mass is 10.1. The van der Waals surface area contributed by atoms with Gasteiger partial charge >= 0.3 is 0 Å². The third-order valence-corrected chi connectivity index (χ3v) is 3.34. The van der Waals surface area contributed by atoms with Gasteiger partial charge in [0.25, 0.3) is 0 Å². The van der Waals surface area contributed by atoms with Gasteiger partial charge in [-0.25, -0.2) is 0 Å². The van der Waals surface area contributed by atoms with Crippen LogP contribution >= 0.6 is 23.2 Å². The van der Waals surface area contributed by atoms with Crippen LogP contribution in [-0.4, -0.2) is 37.1 Å². The number of nitrogens with zero attached hydrogens (tertiary/aromatic N) is 1. The Balaban J connectivity index is 2.14. The van der Waals surface area contributed by atoms with Gasteiger partial charge in [0.05, 0.1) is 0 Å². The van der Waals surface area contributed by atoms with Gasteiger partial charge in [-0.1, -0.05) is 29.6 Å². The highest BCUT2D eigenvalue weighted by Gasteiger charge is 2.12. The van der Waals surface area contributed by atoms with Crippen molar-refractivity contribution in [3.8, 4) is 0 Å². The minimum atomic E-state index is 0.466. The molecule has 0 bridgehead atoms. The number of likely N-dealkylation sites (tertiary alicyclic amines) is 1. The van der Waals surface area contributed by atoms with Crippen LogP contribution in [0.25, 0.3) is 0 Å². The molecule has 1 rings (SSSR count). The minimum Gasteiger partial charge on any atom is -0.308 e. The summed E-state index contributed by atoms with van der Waals surface area (Å²) in [5, 5.41) is 4.02. The summed E-state index contributed by atoms with van der Waals surface area (Å²) in [7, 11) is 0. The summed E-state index contributed by atoms with van der Waals surface area (Å²) in [5.41, 5.74) is 1.42. The van der Waals surface area contributed by atoms with Crippen LogP contribution in [0.5, 0.6) is 0 Å². The van der Waals surface area contributed by atoms with Crippen molar-refractivity contribution >= 4 is 23.2 Å². The third kappa shape index (κ3) is 5.76. The molecule has 0 aliphatic carbocycles. The number of piperidine rings is 1. The Bertz CT molecular complexity index is 201. The molecule has 1 saturated heterocycles. The van der Waals surface area contributed by atoms with Crippen LogP contribution in [0.3, 0.4) is 0 Å². The molecule has 1 N–H and O–H groups in total. The molecular formula is C11H20Cl2N2. The molecule has 1 heterocycles. The lowest BCUT2D eigenvalue weighted by molar-refractivity contribution is 0.210. The van der Waals surface area contributed by atoms with Crippen LogP contribution in [0, 0.1) is 0 Å². The van der Waals surface area contributed by atoms with E-state index in [9.17, 15) is 0 Å². The van der Waals surface area contributed by atoms with Crippen molar-refractivity contribution in [1.82, 2.24) is 10.2 Å². The van der Waals surface area contributed by atoms with Crippen LogP contribution in [-0.2, 0) is 0 Å². The second kappa shape index (κ2) is 7.50. The molecule has 88 valence electrons. The van der Waals surface area contributed by atoms with Gasteiger partial charge < -0.3 is 10.2 Å². The molecule has 0 aromatic carbocycles. The van der Waals surface area contributed by atoms with Gasteiger partial charge in [0.2, 0.25) is 0 Å². The highest BCUT2D eigenvalue weighted by Crippen LogP contribution is 2.09. The average Bonchev–Trinajstić information content (AvgIpc) is 2.27. The smallest absolute Gasteiger partial charge is 0.0432 e. The Labute approximate surface area is 103 Å². The number of hydrogen-bond acceptors (Lipinski definition) is 2. The molecule has 15 heavy (non-hydrogen) atoms. The average molecular weight is 251 g/mol. The Morgan fingerprint density at radius 3 is 2.67 bits per heavy atom. The zero-order valence-electron chi connectivity index (χ0n) is 9.31. The lowest BCUT2D eigenvalue weighted by Crippen LogP contribution is -2.41. The first-order chi connectivity index (χ1) is 7.22. The fourth-order valence-corrected chi connectivity index (χ4v) is 2.06. The predicted octanol–water partition coefficient (Wildman–Crippen LogP) is 2.77. The quantitative estimate of drug-likeness (QED) is 0.808. The summed E-state index contributed by atoms with van der Waals surface area (Å²) in [4.78, 5) is 2.51. The predicted molar refractivity (Wildman–Crippen MR) is 67.5 cm³/mol. The van der Waals surface area contributed by atoms with Crippen LogP contribution in [0.1, 0.15) is 26.2 Å². The molecule has 1 aliphatic heterocycles. The molecule has 0 saturated carbocycles. The van der Waals surface area contributed by atoms with E-state index in [1.807, 2.05) is 0 Å². The maximum atomic E-state index is 5.81. The van der Waals surface area contributed by atoms with Crippen LogP contribution < -0.4 is 5.32 Å². The topological polar surface area (TPSA) is 15.3 Å². The second-order valence-corrected chi connectivity index (χ2v) is 4.90. The molecule has 0 radical (unpaired) electrons. The van der Waals surface area contributed by atoms with Crippen LogP contribution in [0.2, 0.25) is 0 Å². The zero-order valence-corrected chi connectivity index (χ0v) is 10.8. The van der Waals surface area contributed by atoms with Crippen molar-refractivity contribution in [2.24, 2.45) is 0 Å². The van der Waals surface area contributed by atoms with Crippen LogP contribution in [0.4, 0.5) is 0 Å². The number of halogens is 2. The van der Waals surface area contributed by atoms with Gasteiger partial charge in [-0.15, -0.1) is 0 Å². The zero-order chi connectivity index (χ0) is 11.1. The van der Waals surface area contributed by atoms with Gasteiger partial charge in [-0.05, 0) is 32.9 Å². The fraction of sp³-hybridized carbons (Fsp3) is 0.818. The van der Waals surface area contributed by atoms with Crippen LogP contribution in [0.15, 0.2) is 10.6 Å². The lowest BCUT2D eigenvalue weighted by Gasteiger charge is -2.29. The Morgan fingerprint density at radius 1 is 1.40 bits per heavy atom. The van der Waals surface area contributed by atoms with E-state index in [0.29, 0.717) is 17.6 Å². The molecule has 4 heteroatoms. The van der Waals surface area contributed by atoms with Gasteiger partial charge in [0, 0.05) is 29.7 Å². The summed E-state index contributed by atoms with van der Waals surface area (Å²) in [5.74, 6) is 0. The number of hydrogen-bond donors (Lipinski definition) is 1. The van der Waals surface area contributed by atoms with E-state index in [1.165, 1.54) is 37.9 Å². The first kappa shape index (κ1) is 13.3. The molecule has 0 aromatic heterocycles. The van der Waals surface area contributed by atoms with E-state index in [-0.39, 0.29) is 0 Å². The van der Waals surface area contributed by atoms with E-state index >= 15 is 0 Å². The maximum absolute atomic E-state index is 5.81. The van der Waals surface area contributed by atoms with E-state index < -0.39 is 0 Å². The minimum absolute atomic E-state index is 0.466. The molecule has 1 unspecified atom stereocenters. The summed E-state index contributed by atoms with van der Waals surface area (Å²) in [6, 6.07) is 0.466. The molecule has 1 atom stereocenters. The number of rotatable bonds is 5. The second-order valence-electron chi connectivity index (χ2n) is 4.20. The normalized spacial score (nSPS) is 21.7. The SMILES string of the molecule is CC(CN1CCCCC1)NCC(Cl)=CCl. The third-order valence-electron chi connectivity index (χ3n) is 2.72. The fourth-order valence-electron chi connectivity index (χ4n) is 1.90. The van der Waals surface area contributed by atoms with Crippen molar-refractivity contribution in [3.63, 3.8) is 0 Å². The first-order valence-electron chi connectivity index (χ1n) is 5.63. The summed E-state index contributed by atoms with van der Waals surface area (Å²) < 4.78 is 0. The highest BCUT2D eigenvalue weighted by molar-refractivity contribution is 6.36. The Hall–Kier alpha value is 0.240. The molecule has 0 amide bonds. The van der Waals surface area contributed by atoms with Gasteiger partial charge in [-0.2, -0.15) is 0 Å². The van der Waals surface area contributed by atoms with Crippen molar-refractivity contribution in [3.05, 3.63) is 10.6 Å². The van der Waals surface area contributed by atoms with E-state index in [2.05, 4.69) is 17.1 Å². The van der Waals surface area contributed by atoms with E-state index in [4.69, 9.17) is 23.2 Å².